The number of alkyl halides is 3. The van der Waals surface area contributed by atoms with Crippen LogP contribution < -0.4 is 9.47 Å². The normalized spacial score (nSPS) is 14.3. The molecule has 3 aromatic carbocycles. The maximum Gasteiger partial charge on any atom is 0.437 e. The summed E-state index contributed by atoms with van der Waals surface area (Å²) in [6.07, 6.45) is 1.90. The van der Waals surface area contributed by atoms with Crippen LogP contribution in [0.4, 0.5) is 13.2 Å². The van der Waals surface area contributed by atoms with E-state index in [-0.39, 0.29) is 24.7 Å². The largest absolute Gasteiger partial charge is 0.493 e. The van der Waals surface area contributed by atoms with E-state index in [1.54, 1.807) is 79.7 Å². The lowest BCUT2D eigenvalue weighted by atomic mass is 10.1. The highest BCUT2D eigenvalue weighted by Gasteiger charge is 2.38. The summed E-state index contributed by atoms with van der Waals surface area (Å²) in [5.41, 5.74) is 0.105. The van der Waals surface area contributed by atoms with Crippen LogP contribution in [0.1, 0.15) is 42.9 Å². The molecule has 0 atom stereocenters. The molecule has 0 aliphatic heterocycles. The van der Waals surface area contributed by atoms with Gasteiger partial charge in [0.15, 0.2) is 5.71 Å². The minimum Gasteiger partial charge on any atom is -0.493 e. The van der Waals surface area contributed by atoms with Gasteiger partial charge in [-0.2, -0.15) is 30.0 Å². The van der Waals surface area contributed by atoms with Gasteiger partial charge in [-0.3, -0.25) is 8.57 Å². The Labute approximate surface area is 277 Å². The van der Waals surface area contributed by atoms with E-state index in [1.165, 1.54) is 12.1 Å². The van der Waals surface area contributed by atoms with Crippen molar-refractivity contribution in [2.24, 2.45) is 10.3 Å². The van der Waals surface area contributed by atoms with E-state index in [4.69, 9.17) is 13.8 Å². The van der Waals surface area contributed by atoms with Crippen molar-refractivity contribution in [2.75, 3.05) is 19.0 Å². The monoisotopic (exact) mass is 706 g/mol. The summed E-state index contributed by atoms with van der Waals surface area (Å²) in [5, 5.41) is 6.70. The molecular formula is C33H33F3N2O8S2. The molecule has 3 aromatic rings. The second-order valence-electron chi connectivity index (χ2n) is 10.5. The van der Waals surface area contributed by atoms with Crippen molar-refractivity contribution >= 4 is 31.7 Å². The van der Waals surface area contributed by atoms with Gasteiger partial charge in [-0.05, 0) is 85.0 Å². The Balaban J connectivity index is 1.22. The number of oxime groups is 2. The molecule has 0 heterocycles. The van der Waals surface area contributed by atoms with Gasteiger partial charge in [0.05, 0.1) is 18.9 Å². The van der Waals surface area contributed by atoms with Crippen molar-refractivity contribution in [2.45, 2.75) is 38.1 Å². The van der Waals surface area contributed by atoms with E-state index in [9.17, 15) is 30.0 Å². The lowest BCUT2D eigenvalue weighted by Crippen LogP contribution is -2.25. The number of hydrogen-bond donors (Lipinski definition) is 0. The van der Waals surface area contributed by atoms with Crippen LogP contribution in [0.5, 0.6) is 11.5 Å². The number of benzene rings is 3. The molecule has 10 nitrogen and oxygen atoms in total. The summed E-state index contributed by atoms with van der Waals surface area (Å²) in [5.74, 6) is -0.0597. The zero-order valence-corrected chi connectivity index (χ0v) is 27.4. The molecule has 0 saturated heterocycles. The van der Waals surface area contributed by atoms with Gasteiger partial charge in [-0.25, -0.2) is 0 Å². The zero-order valence-electron chi connectivity index (χ0n) is 25.8. The molecule has 48 heavy (non-hydrogen) atoms. The molecular weight excluding hydrogens is 673 g/mol. The molecule has 0 fully saturated rings. The van der Waals surface area contributed by atoms with Crippen LogP contribution in [0.25, 0.3) is 0 Å². The van der Waals surface area contributed by atoms with Crippen molar-refractivity contribution < 1.29 is 48.0 Å². The molecule has 0 bridgehead atoms. The fourth-order valence-electron chi connectivity index (χ4n) is 4.28. The van der Waals surface area contributed by atoms with Gasteiger partial charge in [0.25, 0.3) is 0 Å². The second-order valence-corrected chi connectivity index (χ2v) is 13.6. The highest BCUT2D eigenvalue weighted by Crippen LogP contribution is 2.25. The van der Waals surface area contributed by atoms with Crippen LogP contribution in [0.3, 0.4) is 0 Å². The third-order valence-corrected chi connectivity index (χ3v) is 8.60. The van der Waals surface area contributed by atoms with Gasteiger partial charge in [0, 0.05) is 12.0 Å². The van der Waals surface area contributed by atoms with E-state index in [2.05, 4.69) is 14.6 Å². The minimum absolute atomic E-state index is 0.198. The summed E-state index contributed by atoms with van der Waals surface area (Å²) in [6.45, 7) is 2.08. The summed E-state index contributed by atoms with van der Waals surface area (Å²) >= 11 is 0. The van der Waals surface area contributed by atoms with Gasteiger partial charge in [-0.15, -0.1) is 0 Å². The second kappa shape index (κ2) is 16.5. The zero-order chi connectivity index (χ0) is 34.6. The Kier molecular flexibility index (Phi) is 12.4. The fraction of sp³-hybridized carbons (Fsp3) is 0.273. The molecule has 0 radical (unpaired) electrons. The maximum absolute atomic E-state index is 13.7. The van der Waals surface area contributed by atoms with Crippen LogP contribution in [0.15, 0.2) is 113 Å². The average molecular weight is 707 g/mol. The van der Waals surface area contributed by atoms with Crippen molar-refractivity contribution in [1.82, 2.24) is 0 Å². The van der Waals surface area contributed by atoms with E-state index >= 15 is 0 Å². The first-order chi connectivity index (χ1) is 22.8. The molecule has 256 valence electrons. The quantitative estimate of drug-likeness (QED) is 0.0915. The number of halogens is 3. The number of allylic oxidation sites excluding steroid dienone is 3. The summed E-state index contributed by atoms with van der Waals surface area (Å²) in [6, 6.07) is 20.2. The number of hydrogen-bond acceptors (Lipinski definition) is 10. The van der Waals surface area contributed by atoms with E-state index in [0.29, 0.717) is 41.0 Å². The van der Waals surface area contributed by atoms with Crippen molar-refractivity contribution in [3.63, 3.8) is 0 Å². The Morgan fingerprint density at radius 1 is 0.729 bits per heavy atom. The summed E-state index contributed by atoms with van der Waals surface area (Å²) < 4.78 is 110. The number of rotatable bonds is 16. The van der Waals surface area contributed by atoms with Crippen molar-refractivity contribution in [1.29, 1.82) is 0 Å². The van der Waals surface area contributed by atoms with Crippen LogP contribution >= 0.6 is 0 Å². The number of nitrogens with zero attached hydrogens (tertiary/aromatic N) is 2. The van der Waals surface area contributed by atoms with Crippen LogP contribution in [-0.4, -0.2) is 53.4 Å². The molecule has 1 aliphatic rings. The lowest BCUT2D eigenvalue weighted by Gasteiger charge is -2.12. The van der Waals surface area contributed by atoms with E-state index in [1.807, 2.05) is 0 Å². The number of ether oxygens (including phenoxy) is 2. The Hall–Kier alpha value is -4.63. The molecule has 0 spiro atoms. The van der Waals surface area contributed by atoms with Crippen LogP contribution in [0, 0.1) is 0 Å². The van der Waals surface area contributed by atoms with Crippen molar-refractivity contribution in [3.05, 3.63) is 119 Å². The first-order valence-corrected chi connectivity index (χ1v) is 17.8. The van der Waals surface area contributed by atoms with Gasteiger partial charge >= 0.3 is 26.4 Å². The topological polar surface area (TPSA) is 130 Å². The van der Waals surface area contributed by atoms with Crippen molar-refractivity contribution in [3.8, 4) is 11.5 Å². The Bertz CT molecular complexity index is 1860. The standard InChI is InChI=1S/C33H33F3N2O8S2/c1-25(37-45-47(39,40)23-26-9-4-2-5-10-26)28-13-17-30(18-14-28)43-21-8-22-44-31-19-15-29(16-20-31)32(33(34,35)36)38-46-48(41,42)24-27-11-6-3-7-12-27/h2,4-6,9-20H,3,7-8,21-24H2,1H3. The van der Waals surface area contributed by atoms with Crippen LogP contribution in [-0.2, 0) is 34.6 Å². The molecule has 0 amide bonds. The third kappa shape index (κ3) is 11.9. The summed E-state index contributed by atoms with van der Waals surface area (Å²) in [4.78, 5) is 0. The highest BCUT2D eigenvalue weighted by molar-refractivity contribution is 7.86. The van der Waals surface area contributed by atoms with E-state index < -0.39 is 43.4 Å². The molecule has 0 saturated carbocycles. The molecule has 4 rings (SSSR count). The molecule has 0 aromatic heterocycles. The maximum atomic E-state index is 13.7. The molecule has 0 unspecified atom stereocenters. The van der Waals surface area contributed by atoms with Gasteiger partial charge in [0.2, 0.25) is 0 Å². The van der Waals surface area contributed by atoms with Gasteiger partial charge in [0.1, 0.15) is 23.0 Å². The first-order valence-electron chi connectivity index (χ1n) is 14.7. The van der Waals surface area contributed by atoms with E-state index in [0.717, 1.165) is 18.6 Å². The SMILES string of the molecule is CC(=NOS(=O)(=O)Cc1ccccc1)c1ccc(OCCCOc2ccc(C(=NOS(=O)(=O)CC3=CCCC=C3)C(F)(F)F)cc2)cc1. The fourth-order valence-corrected chi connectivity index (χ4v) is 6.02. The van der Waals surface area contributed by atoms with Gasteiger partial charge in [-0.1, -0.05) is 58.9 Å². The Morgan fingerprint density at radius 3 is 1.85 bits per heavy atom. The molecule has 0 N–H and O–H groups in total. The highest BCUT2D eigenvalue weighted by atomic mass is 32.2. The third-order valence-electron chi connectivity index (χ3n) is 6.63. The average Bonchev–Trinajstić information content (AvgIpc) is 3.04. The smallest absolute Gasteiger partial charge is 0.437 e. The predicted octanol–water partition coefficient (Wildman–Crippen LogP) is 6.69. The minimum atomic E-state index is -4.97. The Morgan fingerprint density at radius 2 is 1.29 bits per heavy atom. The first kappa shape index (κ1) is 36.2. The predicted molar refractivity (Wildman–Crippen MR) is 175 cm³/mol. The molecule has 1 aliphatic carbocycles. The summed E-state index contributed by atoms with van der Waals surface area (Å²) in [7, 11) is -8.30. The van der Waals surface area contributed by atoms with Crippen LogP contribution in [0.2, 0.25) is 0 Å². The van der Waals surface area contributed by atoms with Gasteiger partial charge < -0.3 is 9.47 Å². The molecule has 15 heteroatoms. The lowest BCUT2D eigenvalue weighted by molar-refractivity contribution is -0.0597.